The normalized spacial score (nSPS) is 15.3. The van der Waals surface area contributed by atoms with Crippen LogP contribution in [0.5, 0.6) is 0 Å². The van der Waals surface area contributed by atoms with Crippen LogP contribution in [0.2, 0.25) is 0 Å². The number of piperidine rings is 1. The average molecular weight is 350 g/mol. The summed E-state index contributed by atoms with van der Waals surface area (Å²) >= 11 is 0. The first kappa shape index (κ1) is 16.6. The first-order valence-electron chi connectivity index (χ1n) is 9.11. The van der Waals surface area contributed by atoms with Crippen molar-refractivity contribution < 1.29 is 13.9 Å². The highest BCUT2D eigenvalue weighted by atomic mass is 16.5. The van der Waals surface area contributed by atoms with E-state index in [-0.39, 0.29) is 11.9 Å². The maximum atomic E-state index is 11.9. The third-order valence-electron chi connectivity index (χ3n) is 4.92. The molecule has 26 heavy (non-hydrogen) atoms. The fourth-order valence-electron chi connectivity index (χ4n) is 3.49. The van der Waals surface area contributed by atoms with Gasteiger partial charge in [-0.05, 0) is 62.2 Å². The maximum absolute atomic E-state index is 11.9. The van der Waals surface area contributed by atoms with Gasteiger partial charge >= 0.3 is 5.97 Å². The Morgan fingerprint density at radius 2 is 2.08 bits per heavy atom. The summed E-state index contributed by atoms with van der Waals surface area (Å²) in [5, 5.41) is 1.09. The molecule has 2 aromatic heterocycles. The molecule has 1 aromatic carbocycles. The fourth-order valence-corrected chi connectivity index (χ4v) is 3.49. The number of hydrogen-bond donors (Lipinski definition) is 0. The summed E-state index contributed by atoms with van der Waals surface area (Å²) in [4.78, 5) is 18.9. The van der Waals surface area contributed by atoms with Crippen LogP contribution in [0.25, 0.3) is 22.2 Å². The van der Waals surface area contributed by atoms with E-state index >= 15 is 0 Å². The number of rotatable bonds is 4. The smallest absolute Gasteiger partial charge is 0.309 e. The van der Waals surface area contributed by atoms with Gasteiger partial charge in [0.1, 0.15) is 11.6 Å². The number of anilines is 1. The lowest BCUT2D eigenvalue weighted by molar-refractivity contribution is -0.148. The standard InChI is InChI=1S/C21H22N2O3/c1-2-25-21(24)15-9-11-23(12-10-15)20-8-6-16-14-17(5-7-18(16)22-20)19-4-3-13-26-19/h3-8,13-15H,2,9-12H2,1H3. The zero-order valence-electron chi connectivity index (χ0n) is 14.9. The van der Waals surface area contributed by atoms with E-state index in [1.54, 1.807) is 6.26 Å². The minimum atomic E-state index is -0.0657. The number of furan rings is 1. The first-order valence-corrected chi connectivity index (χ1v) is 9.11. The summed E-state index contributed by atoms with van der Waals surface area (Å²) < 4.78 is 10.6. The Morgan fingerprint density at radius 1 is 1.23 bits per heavy atom. The Balaban J connectivity index is 1.50. The number of ether oxygens (including phenoxy) is 1. The largest absolute Gasteiger partial charge is 0.466 e. The molecule has 4 rings (SSSR count). The van der Waals surface area contributed by atoms with Crippen molar-refractivity contribution in [2.45, 2.75) is 19.8 Å². The second-order valence-electron chi connectivity index (χ2n) is 6.57. The van der Waals surface area contributed by atoms with Crippen molar-refractivity contribution in [1.29, 1.82) is 0 Å². The molecule has 1 aliphatic heterocycles. The number of nitrogens with zero attached hydrogens (tertiary/aromatic N) is 2. The van der Waals surface area contributed by atoms with Crippen molar-refractivity contribution in [3.05, 3.63) is 48.7 Å². The molecule has 0 unspecified atom stereocenters. The number of hydrogen-bond acceptors (Lipinski definition) is 5. The topological polar surface area (TPSA) is 55.6 Å². The minimum Gasteiger partial charge on any atom is -0.466 e. The fraction of sp³-hybridized carbons (Fsp3) is 0.333. The van der Waals surface area contributed by atoms with Crippen LogP contribution in [0.15, 0.2) is 53.1 Å². The number of carbonyl (C=O) groups excluding carboxylic acids is 1. The number of aromatic nitrogens is 1. The summed E-state index contributed by atoms with van der Waals surface area (Å²) in [6, 6.07) is 14.2. The van der Waals surface area contributed by atoms with Crippen LogP contribution >= 0.6 is 0 Å². The molecule has 0 amide bonds. The van der Waals surface area contributed by atoms with Crippen molar-refractivity contribution in [3.63, 3.8) is 0 Å². The van der Waals surface area contributed by atoms with Crippen LogP contribution < -0.4 is 4.90 Å². The second kappa shape index (κ2) is 7.20. The highest BCUT2D eigenvalue weighted by Gasteiger charge is 2.26. The molecule has 1 aliphatic rings. The monoisotopic (exact) mass is 350 g/mol. The molecule has 0 bridgehead atoms. The lowest BCUT2D eigenvalue weighted by Crippen LogP contribution is -2.37. The number of fused-ring (bicyclic) bond motifs is 1. The van der Waals surface area contributed by atoms with Gasteiger partial charge in [-0.2, -0.15) is 0 Å². The first-order chi connectivity index (χ1) is 12.7. The van der Waals surface area contributed by atoms with Gasteiger partial charge in [-0.1, -0.05) is 0 Å². The number of benzene rings is 1. The molecule has 1 saturated heterocycles. The third kappa shape index (κ3) is 3.29. The molecule has 0 spiro atoms. The van der Waals surface area contributed by atoms with E-state index in [2.05, 4.69) is 23.1 Å². The van der Waals surface area contributed by atoms with E-state index in [1.807, 2.05) is 31.2 Å². The van der Waals surface area contributed by atoms with E-state index < -0.39 is 0 Å². The van der Waals surface area contributed by atoms with Crippen LogP contribution in [0, 0.1) is 5.92 Å². The number of esters is 1. The van der Waals surface area contributed by atoms with Crippen molar-refractivity contribution >= 4 is 22.7 Å². The van der Waals surface area contributed by atoms with Gasteiger partial charge in [0, 0.05) is 24.0 Å². The van der Waals surface area contributed by atoms with E-state index in [4.69, 9.17) is 14.1 Å². The van der Waals surface area contributed by atoms with Crippen molar-refractivity contribution in [3.8, 4) is 11.3 Å². The molecule has 3 aromatic rings. The zero-order chi connectivity index (χ0) is 17.9. The summed E-state index contributed by atoms with van der Waals surface area (Å²) in [7, 11) is 0. The summed E-state index contributed by atoms with van der Waals surface area (Å²) in [5.41, 5.74) is 2.01. The number of pyridine rings is 1. The molecular formula is C21H22N2O3. The van der Waals surface area contributed by atoms with Crippen LogP contribution in [0.4, 0.5) is 5.82 Å². The summed E-state index contributed by atoms with van der Waals surface area (Å²) in [5.74, 6) is 1.77. The molecule has 0 radical (unpaired) electrons. The van der Waals surface area contributed by atoms with Crippen molar-refractivity contribution in [2.75, 3.05) is 24.6 Å². The Hall–Kier alpha value is -2.82. The summed E-state index contributed by atoms with van der Waals surface area (Å²) in [6.07, 6.45) is 3.31. The highest BCUT2D eigenvalue weighted by molar-refractivity contribution is 5.85. The molecule has 0 atom stereocenters. The maximum Gasteiger partial charge on any atom is 0.309 e. The van der Waals surface area contributed by atoms with Gasteiger partial charge in [0.15, 0.2) is 0 Å². The molecule has 134 valence electrons. The Morgan fingerprint density at radius 3 is 2.81 bits per heavy atom. The second-order valence-corrected chi connectivity index (χ2v) is 6.57. The average Bonchev–Trinajstić information content (AvgIpc) is 3.22. The molecule has 0 saturated carbocycles. The van der Waals surface area contributed by atoms with Crippen LogP contribution in [-0.2, 0) is 9.53 Å². The SMILES string of the molecule is CCOC(=O)C1CCN(c2ccc3cc(-c4ccco4)ccc3n2)CC1. The lowest BCUT2D eigenvalue weighted by Gasteiger charge is -2.31. The van der Waals surface area contributed by atoms with E-state index in [1.165, 1.54) is 0 Å². The molecule has 5 heteroatoms. The lowest BCUT2D eigenvalue weighted by atomic mass is 9.97. The molecule has 0 aliphatic carbocycles. The van der Waals surface area contributed by atoms with Gasteiger partial charge in [0.05, 0.1) is 24.3 Å². The van der Waals surface area contributed by atoms with Gasteiger partial charge in [-0.3, -0.25) is 4.79 Å². The van der Waals surface area contributed by atoms with Crippen LogP contribution in [0.3, 0.4) is 0 Å². The van der Waals surface area contributed by atoms with Gasteiger partial charge in [-0.25, -0.2) is 4.98 Å². The Labute approximate surface area is 152 Å². The molecule has 1 fully saturated rings. The van der Waals surface area contributed by atoms with E-state index in [0.717, 1.165) is 54.0 Å². The molecule has 5 nitrogen and oxygen atoms in total. The zero-order valence-corrected chi connectivity index (χ0v) is 14.9. The summed E-state index contributed by atoms with van der Waals surface area (Å²) in [6.45, 7) is 3.95. The molecular weight excluding hydrogens is 328 g/mol. The third-order valence-corrected chi connectivity index (χ3v) is 4.92. The Kier molecular flexibility index (Phi) is 4.61. The Bertz CT molecular complexity index is 897. The highest BCUT2D eigenvalue weighted by Crippen LogP contribution is 2.27. The van der Waals surface area contributed by atoms with Gasteiger partial charge in [-0.15, -0.1) is 0 Å². The van der Waals surface area contributed by atoms with E-state index in [0.29, 0.717) is 6.61 Å². The number of carbonyl (C=O) groups is 1. The van der Waals surface area contributed by atoms with E-state index in [9.17, 15) is 4.79 Å². The van der Waals surface area contributed by atoms with Gasteiger partial charge < -0.3 is 14.1 Å². The predicted molar refractivity (Wildman–Crippen MR) is 101 cm³/mol. The molecule has 3 heterocycles. The van der Waals surface area contributed by atoms with Crippen LogP contribution in [-0.4, -0.2) is 30.6 Å². The van der Waals surface area contributed by atoms with Crippen molar-refractivity contribution in [1.82, 2.24) is 4.98 Å². The molecule has 0 N–H and O–H groups in total. The minimum absolute atomic E-state index is 0.0162. The predicted octanol–water partition coefficient (Wildman–Crippen LogP) is 4.27. The van der Waals surface area contributed by atoms with Crippen molar-refractivity contribution in [2.24, 2.45) is 5.92 Å². The van der Waals surface area contributed by atoms with Gasteiger partial charge in [0.2, 0.25) is 0 Å². The quantitative estimate of drug-likeness (QED) is 0.658. The van der Waals surface area contributed by atoms with Crippen LogP contribution in [0.1, 0.15) is 19.8 Å². The van der Waals surface area contributed by atoms with Gasteiger partial charge in [0.25, 0.3) is 0 Å².